The third-order valence-electron chi connectivity index (χ3n) is 3.55. The van der Waals surface area contributed by atoms with E-state index in [9.17, 15) is 4.79 Å². The summed E-state index contributed by atoms with van der Waals surface area (Å²) in [6.45, 7) is 3.87. The van der Waals surface area contributed by atoms with Crippen molar-refractivity contribution in [3.05, 3.63) is 64.5 Å². The topological polar surface area (TPSA) is 79.1 Å². The van der Waals surface area contributed by atoms with Gasteiger partial charge in [-0.2, -0.15) is 0 Å². The van der Waals surface area contributed by atoms with E-state index in [1.54, 1.807) is 38.1 Å². The lowest BCUT2D eigenvalue weighted by Crippen LogP contribution is -2.08. The van der Waals surface area contributed by atoms with E-state index in [2.05, 4.69) is 15.1 Å². The minimum Gasteiger partial charge on any atom is -0.473 e. The van der Waals surface area contributed by atoms with E-state index in [4.69, 9.17) is 32.7 Å². The molecule has 0 unspecified atom stereocenters. The van der Waals surface area contributed by atoms with Crippen molar-refractivity contribution in [3.63, 3.8) is 0 Å². The molecular formula is C20H18Cl2N4O3. The van der Waals surface area contributed by atoms with Gasteiger partial charge in [-0.25, -0.2) is 19.4 Å². The highest BCUT2D eigenvalue weighted by atomic mass is 35.5. The average Bonchev–Trinajstić information content (AvgIpc) is 3.14. The van der Waals surface area contributed by atoms with Gasteiger partial charge >= 0.3 is 5.97 Å². The summed E-state index contributed by atoms with van der Waals surface area (Å²) in [4.78, 5) is 20.0. The highest BCUT2D eigenvalue weighted by Gasteiger charge is 2.09. The summed E-state index contributed by atoms with van der Waals surface area (Å²) in [5.74, 6) is 0.296. The fourth-order valence-electron chi connectivity index (χ4n) is 2.30. The summed E-state index contributed by atoms with van der Waals surface area (Å²) in [5.41, 5.74) is 1.58. The van der Waals surface area contributed by atoms with Crippen molar-refractivity contribution in [1.29, 1.82) is 0 Å². The van der Waals surface area contributed by atoms with Crippen LogP contribution in [0.25, 0.3) is 17.6 Å². The molecule has 29 heavy (non-hydrogen) atoms. The molecule has 9 heteroatoms. The number of esters is 1. The molecule has 0 aliphatic rings. The molecule has 2 aromatic heterocycles. The lowest BCUT2D eigenvalue weighted by molar-refractivity contribution is -0.141. The summed E-state index contributed by atoms with van der Waals surface area (Å²) in [6.07, 6.45) is 4.02. The maximum absolute atomic E-state index is 11.6. The Morgan fingerprint density at radius 1 is 1.21 bits per heavy atom. The first-order valence-corrected chi connectivity index (χ1v) is 9.50. The van der Waals surface area contributed by atoms with Crippen LogP contribution in [0.3, 0.4) is 0 Å². The fourth-order valence-corrected chi connectivity index (χ4v) is 2.63. The Balaban J connectivity index is 1.71. The molecule has 0 radical (unpaired) electrons. The van der Waals surface area contributed by atoms with Gasteiger partial charge in [0.2, 0.25) is 5.88 Å². The normalized spacial score (nSPS) is 11.2. The third kappa shape index (κ3) is 6.30. The van der Waals surface area contributed by atoms with Crippen LogP contribution in [-0.2, 0) is 16.1 Å². The van der Waals surface area contributed by atoms with Crippen LogP contribution in [0.2, 0.25) is 10.2 Å². The molecule has 7 nitrogen and oxygen atoms in total. The van der Waals surface area contributed by atoms with E-state index in [0.717, 1.165) is 5.56 Å². The van der Waals surface area contributed by atoms with Crippen molar-refractivity contribution < 1.29 is 14.3 Å². The number of pyridine rings is 1. The lowest BCUT2D eigenvalue weighted by atomic mass is 10.2. The molecule has 0 spiro atoms. The molecule has 0 N–H and O–H groups in total. The van der Waals surface area contributed by atoms with Crippen molar-refractivity contribution in [2.45, 2.75) is 26.6 Å². The van der Waals surface area contributed by atoms with Crippen molar-refractivity contribution in [2.24, 2.45) is 0 Å². The monoisotopic (exact) mass is 432 g/mol. The summed E-state index contributed by atoms with van der Waals surface area (Å²) in [5, 5.41) is 5.20. The average molecular weight is 433 g/mol. The number of carbonyl (C=O) groups excluding carboxylic acids is 1. The molecule has 0 aliphatic carbocycles. The second-order valence-corrected chi connectivity index (χ2v) is 7.11. The van der Waals surface area contributed by atoms with E-state index in [0.29, 0.717) is 28.9 Å². The molecule has 0 saturated carbocycles. The van der Waals surface area contributed by atoms with Crippen LogP contribution in [0.4, 0.5) is 0 Å². The second-order valence-electron chi connectivity index (χ2n) is 6.28. The first-order chi connectivity index (χ1) is 13.9. The number of hydrogen-bond donors (Lipinski definition) is 0. The van der Waals surface area contributed by atoms with E-state index in [1.807, 2.05) is 12.1 Å². The second kappa shape index (κ2) is 9.54. The van der Waals surface area contributed by atoms with Gasteiger partial charge in [0.05, 0.1) is 6.10 Å². The van der Waals surface area contributed by atoms with Gasteiger partial charge in [0.1, 0.15) is 18.1 Å². The Hall–Kier alpha value is -2.90. The van der Waals surface area contributed by atoms with Crippen molar-refractivity contribution >= 4 is 35.4 Å². The predicted octanol–water partition coefficient (Wildman–Crippen LogP) is 4.65. The van der Waals surface area contributed by atoms with Crippen LogP contribution < -0.4 is 4.74 Å². The molecule has 150 valence electrons. The van der Waals surface area contributed by atoms with Crippen LogP contribution in [-0.4, -0.2) is 31.8 Å². The molecule has 0 atom stereocenters. The Bertz CT molecular complexity index is 1020. The maximum atomic E-state index is 11.6. The van der Waals surface area contributed by atoms with Crippen LogP contribution >= 0.6 is 23.2 Å². The number of benzene rings is 1. The SMILES string of the molecule is CC(C)OC(=O)/C=C/n1cnc(-c2cc(Cl)nc(OCc3ccc(Cl)cc3)c2)n1. The molecule has 1 aromatic carbocycles. The van der Waals surface area contributed by atoms with Gasteiger partial charge in [-0.15, -0.1) is 5.10 Å². The number of rotatable bonds is 7. The van der Waals surface area contributed by atoms with Crippen molar-refractivity contribution in [1.82, 2.24) is 19.7 Å². The minimum atomic E-state index is -0.457. The van der Waals surface area contributed by atoms with Crippen LogP contribution in [0.15, 0.2) is 48.8 Å². The van der Waals surface area contributed by atoms with Gasteiger partial charge in [-0.3, -0.25) is 0 Å². The Morgan fingerprint density at radius 3 is 2.69 bits per heavy atom. The molecule has 0 amide bonds. The largest absolute Gasteiger partial charge is 0.473 e. The van der Waals surface area contributed by atoms with Crippen LogP contribution in [0, 0.1) is 0 Å². The summed E-state index contributed by atoms with van der Waals surface area (Å²) < 4.78 is 12.2. The number of carbonyl (C=O) groups is 1. The Morgan fingerprint density at radius 2 is 1.97 bits per heavy atom. The van der Waals surface area contributed by atoms with Gasteiger partial charge in [0.15, 0.2) is 5.82 Å². The third-order valence-corrected chi connectivity index (χ3v) is 4.00. The fraction of sp³-hybridized carbons (Fsp3) is 0.200. The zero-order chi connectivity index (χ0) is 20.8. The van der Waals surface area contributed by atoms with Gasteiger partial charge in [0.25, 0.3) is 0 Å². The van der Waals surface area contributed by atoms with Gasteiger partial charge in [-0.05, 0) is 37.6 Å². The Labute approximate surface area is 177 Å². The Kier molecular flexibility index (Phi) is 6.85. The summed E-state index contributed by atoms with van der Waals surface area (Å²) >= 11 is 12.0. The predicted molar refractivity (Wildman–Crippen MR) is 111 cm³/mol. The highest BCUT2D eigenvalue weighted by molar-refractivity contribution is 6.30. The van der Waals surface area contributed by atoms with Gasteiger partial charge in [-0.1, -0.05) is 35.3 Å². The van der Waals surface area contributed by atoms with Crippen molar-refractivity contribution in [2.75, 3.05) is 0 Å². The lowest BCUT2D eigenvalue weighted by Gasteiger charge is -2.07. The van der Waals surface area contributed by atoms with E-state index in [-0.39, 0.29) is 11.3 Å². The number of aromatic nitrogens is 4. The summed E-state index contributed by atoms with van der Waals surface area (Å²) in [6, 6.07) is 10.6. The van der Waals surface area contributed by atoms with Crippen molar-refractivity contribution in [3.8, 4) is 17.3 Å². The minimum absolute atomic E-state index is 0.191. The number of halogens is 2. The molecule has 2 heterocycles. The summed E-state index contributed by atoms with van der Waals surface area (Å²) in [7, 11) is 0. The van der Waals surface area contributed by atoms with E-state index < -0.39 is 5.97 Å². The zero-order valence-corrected chi connectivity index (χ0v) is 17.3. The standard InChI is InChI=1S/C20H18Cl2N4O3/c1-13(2)29-19(27)7-8-26-12-23-20(25-26)15-9-17(22)24-18(10-15)28-11-14-3-5-16(21)6-4-14/h3-10,12-13H,11H2,1-2H3/b8-7+. The van der Waals surface area contributed by atoms with Crippen LogP contribution in [0.5, 0.6) is 5.88 Å². The molecule has 0 bridgehead atoms. The molecular weight excluding hydrogens is 415 g/mol. The van der Waals surface area contributed by atoms with Gasteiger partial charge < -0.3 is 9.47 Å². The molecule has 0 fully saturated rings. The first kappa shape index (κ1) is 20.8. The highest BCUT2D eigenvalue weighted by Crippen LogP contribution is 2.24. The quantitative estimate of drug-likeness (QED) is 0.307. The molecule has 0 saturated heterocycles. The number of nitrogens with zero attached hydrogens (tertiary/aromatic N) is 4. The number of ether oxygens (including phenoxy) is 2. The molecule has 3 aromatic rings. The zero-order valence-electron chi connectivity index (χ0n) is 15.8. The van der Waals surface area contributed by atoms with E-state index in [1.165, 1.54) is 23.3 Å². The number of hydrogen-bond acceptors (Lipinski definition) is 6. The smallest absolute Gasteiger partial charge is 0.332 e. The van der Waals surface area contributed by atoms with E-state index >= 15 is 0 Å². The first-order valence-electron chi connectivity index (χ1n) is 8.74. The molecule has 3 rings (SSSR count). The molecule has 0 aliphatic heterocycles. The maximum Gasteiger partial charge on any atom is 0.332 e. The van der Waals surface area contributed by atoms with Gasteiger partial charge in [0, 0.05) is 28.9 Å². The van der Waals surface area contributed by atoms with Crippen LogP contribution in [0.1, 0.15) is 19.4 Å².